The smallest absolute Gasteiger partial charge is 0.225 e. The predicted molar refractivity (Wildman–Crippen MR) is 68.6 cm³/mol. The summed E-state index contributed by atoms with van der Waals surface area (Å²) < 4.78 is 0. The normalized spacial score (nSPS) is 31.2. The van der Waals surface area contributed by atoms with E-state index in [9.17, 15) is 4.79 Å². The van der Waals surface area contributed by atoms with Crippen molar-refractivity contribution in [3.63, 3.8) is 0 Å². The van der Waals surface area contributed by atoms with Crippen molar-refractivity contribution in [2.24, 2.45) is 11.7 Å². The SMILES string of the molecule is CC(C)(C)N1CCN(C(=O)C2CC(N)C2)CC1. The fourth-order valence-electron chi connectivity index (χ4n) is 2.72. The minimum absolute atomic E-state index is 0.214. The van der Waals surface area contributed by atoms with Crippen LogP contribution in [-0.4, -0.2) is 53.5 Å². The Morgan fingerprint density at radius 1 is 1.12 bits per heavy atom. The summed E-state index contributed by atoms with van der Waals surface area (Å²) in [5.41, 5.74) is 5.95. The monoisotopic (exact) mass is 239 g/mol. The van der Waals surface area contributed by atoms with Crippen LogP contribution in [-0.2, 0) is 4.79 Å². The lowest BCUT2D eigenvalue weighted by Gasteiger charge is -2.44. The van der Waals surface area contributed by atoms with Gasteiger partial charge < -0.3 is 10.6 Å². The van der Waals surface area contributed by atoms with Gasteiger partial charge in [-0.2, -0.15) is 0 Å². The zero-order valence-corrected chi connectivity index (χ0v) is 11.3. The third-order valence-electron chi connectivity index (χ3n) is 4.06. The second kappa shape index (κ2) is 4.58. The first-order chi connectivity index (χ1) is 7.88. The van der Waals surface area contributed by atoms with E-state index in [0.717, 1.165) is 39.0 Å². The summed E-state index contributed by atoms with van der Waals surface area (Å²) >= 11 is 0. The maximum absolute atomic E-state index is 12.1. The lowest BCUT2D eigenvalue weighted by molar-refractivity contribution is -0.141. The van der Waals surface area contributed by atoms with Gasteiger partial charge in [-0.05, 0) is 33.6 Å². The molecule has 2 fully saturated rings. The van der Waals surface area contributed by atoms with E-state index in [1.165, 1.54) is 0 Å². The molecule has 4 nitrogen and oxygen atoms in total. The Morgan fingerprint density at radius 3 is 2.06 bits per heavy atom. The maximum atomic E-state index is 12.1. The highest BCUT2D eigenvalue weighted by atomic mass is 16.2. The van der Waals surface area contributed by atoms with Crippen molar-refractivity contribution in [1.29, 1.82) is 0 Å². The highest BCUT2D eigenvalue weighted by molar-refractivity contribution is 5.80. The molecule has 2 aliphatic rings. The first kappa shape index (κ1) is 12.8. The molecule has 4 heteroatoms. The molecule has 0 unspecified atom stereocenters. The third-order valence-corrected chi connectivity index (χ3v) is 4.06. The molecule has 0 atom stereocenters. The van der Waals surface area contributed by atoms with Gasteiger partial charge in [0.2, 0.25) is 5.91 Å². The summed E-state index contributed by atoms with van der Waals surface area (Å²) in [6, 6.07) is 0.264. The summed E-state index contributed by atoms with van der Waals surface area (Å²) in [5, 5.41) is 0. The lowest BCUT2D eigenvalue weighted by Crippen LogP contribution is -2.57. The van der Waals surface area contributed by atoms with Crippen LogP contribution in [0.3, 0.4) is 0 Å². The summed E-state index contributed by atoms with van der Waals surface area (Å²) in [4.78, 5) is 16.6. The van der Waals surface area contributed by atoms with Crippen LogP contribution >= 0.6 is 0 Å². The van der Waals surface area contributed by atoms with Crippen molar-refractivity contribution in [2.45, 2.75) is 45.2 Å². The molecule has 0 radical (unpaired) electrons. The third kappa shape index (κ3) is 2.80. The Morgan fingerprint density at radius 2 is 1.65 bits per heavy atom. The maximum Gasteiger partial charge on any atom is 0.225 e. The summed E-state index contributed by atoms with van der Waals surface area (Å²) in [6.45, 7) is 10.4. The van der Waals surface area contributed by atoms with Crippen molar-refractivity contribution >= 4 is 5.91 Å². The van der Waals surface area contributed by atoms with E-state index < -0.39 is 0 Å². The van der Waals surface area contributed by atoms with Crippen LogP contribution in [0.5, 0.6) is 0 Å². The molecule has 0 aromatic carbocycles. The molecule has 0 aromatic rings. The van der Waals surface area contributed by atoms with Crippen LogP contribution in [0.2, 0.25) is 0 Å². The van der Waals surface area contributed by atoms with Crippen molar-refractivity contribution in [1.82, 2.24) is 9.80 Å². The number of hydrogen-bond donors (Lipinski definition) is 1. The van der Waals surface area contributed by atoms with E-state index in [1.54, 1.807) is 0 Å². The quantitative estimate of drug-likeness (QED) is 0.731. The van der Waals surface area contributed by atoms with Gasteiger partial charge in [0.05, 0.1) is 0 Å². The number of rotatable bonds is 1. The van der Waals surface area contributed by atoms with E-state index in [4.69, 9.17) is 5.73 Å². The lowest BCUT2D eigenvalue weighted by atomic mass is 9.80. The van der Waals surface area contributed by atoms with Gasteiger partial charge in [-0.1, -0.05) is 0 Å². The van der Waals surface area contributed by atoms with Gasteiger partial charge in [0, 0.05) is 43.7 Å². The van der Waals surface area contributed by atoms with Crippen LogP contribution in [0, 0.1) is 5.92 Å². The molecule has 1 aliphatic heterocycles. The number of hydrogen-bond acceptors (Lipinski definition) is 3. The molecule has 0 spiro atoms. The molecular weight excluding hydrogens is 214 g/mol. The van der Waals surface area contributed by atoms with E-state index >= 15 is 0 Å². The Balaban J connectivity index is 1.81. The molecule has 1 saturated heterocycles. The minimum Gasteiger partial charge on any atom is -0.340 e. The number of carbonyl (C=O) groups excluding carboxylic acids is 1. The zero-order valence-electron chi connectivity index (χ0n) is 11.3. The van der Waals surface area contributed by atoms with Crippen molar-refractivity contribution in [3.05, 3.63) is 0 Å². The number of amides is 1. The van der Waals surface area contributed by atoms with Crippen LogP contribution in [0.25, 0.3) is 0 Å². The van der Waals surface area contributed by atoms with E-state index in [1.807, 2.05) is 4.90 Å². The fraction of sp³-hybridized carbons (Fsp3) is 0.923. The Labute approximate surface area is 104 Å². The standard InChI is InChI=1S/C13H25N3O/c1-13(2,3)16-6-4-15(5-7-16)12(17)10-8-11(14)9-10/h10-11H,4-9,14H2,1-3H3. The van der Waals surface area contributed by atoms with Crippen molar-refractivity contribution in [3.8, 4) is 0 Å². The van der Waals surface area contributed by atoms with Crippen molar-refractivity contribution in [2.75, 3.05) is 26.2 Å². The fourth-order valence-corrected chi connectivity index (χ4v) is 2.72. The average molecular weight is 239 g/mol. The summed E-state index contributed by atoms with van der Waals surface area (Å²) in [7, 11) is 0. The second-order valence-corrected chi connectivity index (χ2v) is 6.41. The molecule has 0 bridgehead atoms. The summed E-state index contributed by atoms with van der Waals surface area (Å²) in [5.74, 6) is 0.548. The highest BCUT2D eigenvalue weighted by Crippen LogP contribution is 2.28. The Bertz CT molecular complexity index is 284. The molecule has 2 rings (SSSR count). The molecule has 1 amide bonds. The highest BCUT2D eigenvalue weighted by Gasteiger charge is 2.36. The van der Waals surface area contributed by atoms with Gasteiger partial charge in [-0.15, -0.1) is 0 Å². The van der Waals surface area contributed by atoms with Crippen LogP contribution in [0.15, 0.2) is 0 Å². The number of piperazine rings is 1. The summed E-state index contributed by atoms with van der Waals surface area (Å²) in [6.07, 6.45) is 1.77. The van der Waals surface area contributed by atoms with E-state index in [2.05, 4.69) is 25.7 Å². The average Bonchev–Trinajstić information content (AvgIpc) is 2.23. The Hall–Kier alpha value is -0.610. The molecule has 17 heavy (non-hydrogen) atoms. The molecule has 0 aromatic heterocycles. The Kier molecular flexibility index (Phi) is 3.46. The number of nitrogens with two attached hydrogens (primary N) is 1. The second-order valence-electron chi connectivity index (χ2n) is 6.41. The molecule has 1 aliphatic carbocycles. The van der Waals surface area contributed by atoms with Gasteiger partial charge in [0.25, 0.3) is 0 Å². The van der Waals surface area contributed by atoms with Gasteiger partial charge in [0.15, 0.2) is 0 Å². The van der Waals surface area contributed by atoms with Crippen LogP contribution in [0.4, 0.5) is 0 Å². The molecular formula is C13H25N3O. The van der Waals surface area contributed by atoms with Crippen molar-refractivity contribution < 1.29 is 4.79 Å². The van der Waals surface area contributed by atoms with Gasteiger partial charge in [-0.25, -0.2) is 0 Å². The molecule has 1 saturated carbocycles. The van der Waals surface area contributed by atoms with Gasteiger partial charge in [-0.3, -0.25) is 9.69 Å². The zero-order chi connectivity index (χ0) is 12.6. The van der Waals surface area contributed by atoms with Crippen LogP contribution < -0.4 is 5.73 Å². The van der Waals surface area contributed by atoms with E-state index in [-0.39, 0.29) is 17.5 Å². The number of nitrogens with zero attached hydrogens (tertiary/aromatic N) is 2. The van der Waals surface area contributed by atoms with Gasteiger partial charge >= 0.3 is 0 Å². The van der Waals surface area contributed by atoms with E-state index in [0.29, 0.717) is 5.91 Å². The molecule has 98 valence electrons. The molecule has 1 heterocycles. The minimum atomic E-state index is 0.214. The van der Waals surface area contributed by atoms with Gasteiger partial charge in [0.1, 0.15) is 0 Å². The first-order valence-electron chi connectivity index (χ1n) is 6.67. The predicted octanol–water partition coefficient (Wildman–Crippen LogP) is 0.666. The first-order valence-corrected chi connectivity index (χ1v) is 6.67. The largest absolute Gasteiger partial charge is 0.340 e. The van der Waals surface area contributed by atoms with Crippen LogP contribution in [0.1, 0.15) is 33.6 Å². The topological polar surface area (TPSA) is 49.6 Å². The number of carbonyl (C=O) groups is 1. The molecule has 2 N–H and O–H groups in total.